The number of aliphatic carboxylic acids is 1. The van der Waals surface area contributed by atoms with E-state index in [1.165, 1.54) is 0 Å². The van der Waals surface area contributed by atoms with Gasteiger partial charge in [0.25, 0.3) is 0 Å². The Labute approximate surface area is 130 Å². The van der Waals surface area contributed by atoms with Crippen molar-refractivity contribution in [3.8, 4) is 18.1 Å². The van der Waals surface area contributed by atoms with Crippen LogP contribution in [-0.4, -0.2) is 23.6 Å². The summed E-state index contributed by atoms with van der Waals surface area (Å²) in [5.74, 6) is 1.72. The molecule has 0 fully saturated rings. The molecular weight excluding hydrogens is 282 g/mol. The third-order valence-electron chi connectivity index (χ3n) is 3.77. The van der Waals surface area contributed by atoms with E-state index >= 15 is 0 Å². The number of hydrogen-bond donors (Lipinski definition) is 2. The second kappa shape index (κ2) is 8.08. The average Bonchev–Trinajstić information content (AvgIpc) is 2.51. The number of ether oxygens (including phenoxy) is 1. The molecule has 0 radical (unpaired) electrons. The molecule has 0 saturated carbocycles. The number of carbonyl (C=O) groups is 2. The molecule has 0 saturated heterocycles. The summed E-state index contributed by atoms with van der Waals surface area (Å²) in [5, 5.41) is 12.1. The Hall–Kier alpha value is -2.48. The standard InChI is InChI=1S/C17H21NO4/c1-4-11-22-14-9-7-13(8-10-14)18-15(19)12-17(5-2,6-3)16(20)21/h1,7-10H,5-6,11-12H2,2-3H3,(H,18,19)(H,20,21). The molecule has 0 bridgehead atoms. The van der Waals surface area contributed by atoms with Gasteiger partial charge >= 0.3 is 5.97 Å². The van der Waals surface area contributed by atoms with Crippen molar-refractivity contribution in [2.45, 2.75) is 33.1 Å². The predicted octanol–water partition coefficient (Wildman–Crippen LogP) is 2.92. The van der Waals surface area contributed by atoms with E-state index in [0.29, 0.717) is 24.3 Å². The van der Waals surface area contributed by atoms with Crippen LogP contribution in [0.1, 0.15) is 33.1 Å². The summed E-state index contributed by atoms with van der Waals surface area (Å²) in [5.41, 5.74) is -0.426. The zero-order valence-electron chi connectivity index (χ0n) is 12.9. The van der Waals surface area contributed by atoms with Crippen LogP contribution >= 0.6 is 0 Å². The average molecular weight is 303 g/mol. The number of terminal acetylenes is 1. The summed E-state index contributed by atoms with van der Waals surface area (Å²) >= 11 is 0. The topological polar surface area (TPSA) is 75.6 Å². The van der Waals surface area contributed by atoms with Gasteiger partial charge in [0, 0.05) is 12.1 Å². The molecule has 5 nitrogen and oxygen atoms in total. The van der Waals surface area contributed by atoms with Crippen molar-refractivity contribution < 1.29 is 19.4 Å². The van der Waals surface area contributed by atoms with Crippen molar-refractivity contribution in [1.29, 1.82) is 0 Å². The number of carbonyl (C=O) groups excluding carboxylic acids is 1. The van der Waals surface area contributed by atoms with E-state index in [1.54, 1.807) is 38.1 Å². The van der Waals surface area contributed by atoms with Gasteiger partial charge in [0.05, 0.1) is 5.41 Å². The summed E-state index contributed by atoms with van der Waals surface area (Å²) in [4.78, 5) is 23.5. The summed E-state index contributed by atoms with van der Waals surface area (Å²) in [6.45, 7) is 3.74. The molecule has 0 atom stereocenters. The Balaban J connectivity index is 2.68. The second-order valence-corrected chi connectivity index (χ2v) is 5.03. The number of amides is 1. The third-order valence-corrected chi connectivity index (χ3v) is 3.77. The lowest BCUT2D eigenvalue weighted by Crippen LogP contribution is -2.34. The van der Waals surface area contributed by atoms with Crippen LogP contribution in [0.25, 0.3) is 0 Å². The zero-order chi connectivity index (χ0) is 16.6. The van der Waals surface area contributed by atoms with Crippen LogP contribution in [0.4, 0.5) is 5.69 Å². The largest absolute Gasteiger partial charge is 0.481 e. The molecule has 1 rings (SSSR count). The molecule has 22 heavy (non-hydrogen) atoms. The molecule has 0 unspecified atom stereocenters. The van der Waals surface area contributed by atoms with Gasteiger partial charge in [-0.1, -0.05) is 19.8 Å². The van der Waals surface area contributed by atoms with Crippen LogP contribution in [0.2, 0.25) is 0 Å². The molecule has 0 aromatic heterocycles. The van der Waals surface area contributed by atoms with Crippen LogP contribution in [0, 0.1) is 17.8 Å². The van der Waals surface area contributed by atoms with Crippen molar-refractivity contribution in [2.75, 3.05) is 11.9 Å². The second-order valence-electron chi connectivity index (χ2n) is 5.03. The monoisotopic (exact) mass is 303 g/mol. The van der Waals surface area contributed by atoms with E-state index in [4.69, 9.17) is 11.2 Å². The Morgan fingerprint density at radius 2 is 1.86 bits per heavy atom. The fraction of sp³-hybridized carbons (Fsp3) is 0.412. The first-order chi connectivity index (χ1) is 10.5. The number of anilines is 1. The molecular formula is C17H21NO4. The van der Waals surface area contributed by atoms with Gasteiger partial charge in [-0.2, -0.15) is 0 Å². The highest BCUT2D eigenvalue weighted by Crippen LogP contribution is 2.31. The molecule has 118 valence electrons. The molecule has 2 N–H and O–H groups in total. The van der Waals surface area contributed by atoms with Crippen LogP contribution in [0.15, 0.2) is 24.3 Å². The zero-order valence-corrected chi connectivity index (χ0v) is 12.9. The maximum absolute atomic E-state index is 12.1. The molecule has 0 aliphatic heterocycles. The highest BCUT2D eigenvalue weighted by Gasteiger charge is 2.37. The maximum Gasteiger partial charge on any atom is 0.310 e. The maximum atomic E-state index is 12.1. The van der Waals surface area contributed by atoms with E-state index in [0.717, 1.165) is 0 Å². The van der Waals surface area contributed by atoms with Crippen molar-refractivity contribution >= 4 is 17.6 Å². The number of nitrogens with one attached hydrogen (secondary N) is 1. The molecule has 0 spiro atoms. The summed E-state index contributed by atoms with van der Waals surface area (Å²) < 4.78 is 5.24. The quantitative estimate of drug-likeness (QED) is 0.724. The van der Waals surface area contributed by atoms with E-state index < -0.39 is 11.4 Å². The first-order valence-electron chi connectivity index (χ1n) is 7.17. The lowest BCUT2D eigenvalue weighted by atomic mass is 9.79. The molecule has 1 amide bonds. The van der Waals surface area contributed by atoms with Crippen molar-refractivity contribution in [1.82, 2.24) is 0 Å². The van der Waals surface area contributed by atoms with Crippen LogP contribution in [-0.2, 0) is 9.59 Å². The van der Waals surface area contributed by atoms with Gasteiger partial charge in [-0.25, -0.2) is 0 Å². The Morgan fingerprint density at radius 1 is 1.27 bits per heavy atom. The van der Waals surface area contributed by atoms with Crippen LogP contribution in [0.3, 0.4) is 0 Å². The van der Waals surface area contributed by atoms with E-state index in [-0.39, 0.29) is 18.9 Å². The van der Waals surface area contributed by atoms with Crippen molar-refractivity contribution in [3.63, 3.8) is 0 Å². The summed E-state index contributed by atoms with van der Waals surface area (Å²) in [7, 11) is 0. The van der Waals surface area contributed by atoms with Crippen molar-refractivity contribution in [3.05, 3.63) is 24.3 Å². The fourth-order valence-electron chi connectivity index (χ4n) is 2.15. The number of carboxylic acids is 1. The van der Waals surface area contributed by atoms with Crippen LogP contribution < -0.4 is 10.1 Å². The van der Waals surface area contributed by atoms with E-state index in [1.807, 2.05) is 0 Å². The Morgan fingerprint density at radius 3 is 2.32 bits per heavy atom. The van der Waals surface area contributed by atoms with E-state index in [2.05, 4.69) is 11.2 Å². The number of benzene rings is 1. The minimum atomic E-state index is -1.01. The number of hydrogen-bond acceptors (Lipinski definition) is 3. The normalized spacial score (nSPS) is 10.6. The third kappa shape index (κ3) is 4.52. The van der Waals surface area contributed by atoms with Gasteiger partial charge in [0.15, 0.2) is 0 Å². The van der Waals surface area contributed by atoms with Gasteiger partial charge < -0.3 is 15.2 Å². The minimum absolute atomic E-state index is 0.0509. The van der Waals surface area contributed by atoms with Crippen LogP contribution in [0.5, 0.6) is 5.75 Å². The molecule has 1 aromatic rings. The molecule has 5 heteroatoms. The lowest BCUT2D eigenvalue weighted by Gasteiger charge is -2.25. The summed E-state index contributed by atoms with van der Waals surface area (Å²) in [6.07, 6.45) is 5.87. The number of rotatable bonds is 8. The minimum Gasteiger partial charge on any atom is -0.481 e. The summed E-state index contributed by atoms with van der Waals surface area (Å²) in [6, 6.07) is 6.75. The number of carboxylic acid groups (broad SMARTS) is 1. The Bertz CT molecular complexity index is 553. The molecule has 1 aromatic carbocycles. The fourth-order valence-corrected chi connectivity index (χ4v) is 2.15. The van der Waals surface area contributed by atoms with Gasteiger partial charge in [-0.05, 0) is 37.1 Å². The SMILES string of the molecule is C#CCOc1ccc(NC(=O)CC(CC)(CC)C(=O)O)cc1. The molecule has 0 aliphatic carbocycles. The predicted molar refractivity (Wildman–Crippen MR) is 84.7 cm³/mol. The first kappa shape index (κ1) is 17.6. The molecule has 0 heterocycles. The molecule has 0 aliphatic rings. The smallest absolute Gasteiger partial charge is 0.310 e. The van der Waals surface area contributed by atoms with Gasteiger partial charge in [-0.3, -0.25) is 9.59 Å². The highest BCUT2D eigenvalue weighted by atomic mass is 16.5. The van der Waals surface area contributed by atoms with Crippen molar-refractivity contribution in [2.24, 2.45) is 5.41 Å². The van der Waals surface area contributed by atoms with E-state index in [9.17, 15) is 14.7 Å². The first-order valence-corrected chi connectivity index (χ1v) is 7.17. The van der Waals surface area contributed by atoms with Gasteiger partial charge in [0.1, 0.15) is 12.4 Å². The van der Waals surface area contributed by atoms with Gasteiger partial charge in [0.2, 0.25) is 5.91 Å². The Kier molecular flexibility index (Phi) is 6.46. The van der Waals surface area contributed by atoms with Gasteiger partial charge in [-0.15, -0.1) is 6.42 Å². The highest BCUT2D eigenvalue weighted by molar-refractivity contribution is 5.94. The lowest BCUT2D eigenvalue weighted by molar-refractivity contribution is -0.151.